The van der Waals surface area contributed by atoms with Crippen molar-refractivity contribution in [3.8, 4) is 17.2 Å². The van der Waals surface area contributed by atoms with E-state index in [1.165, 1.54) is 48.2 Å². The second-order valence-corrected chi connectivity index (χ2v) is 10.1. The molecule has 1 aliphatic heterocycles. The van der Waals surface area contributed by atoms with Crippen LogP contribution in [0.15, 0.2) is 53.4 Å². The Bertz CT molecular complexity index is 1160. The van der Waals surface area contributed by atoms with Crippen LogP contribution >= 0.6 is 0 Å². The first-order valence-corrected chi connectivity index (χ1v) is 12.1. The van der Waals surface area contributed by atoms with Crippen LogP contribution in [0.5, 0.6) is 17.2 Å². The van der Waals surface area contributed by atoms with Crippen LogP contribution in [-0.4, -0.2) is 55.5 Å². The zero-order valence-electron chi connectivity index (χ0n) is 18.5. The second kappa shape index (κ2) is 10.1. The van der Waals surface area contributed by atoms with Crippen LogP contribution in [-0.2, 0) is 19.4 Å². The average molecular weight is 516 g/mol. The van der Waals surface area contributed by atoms with Crippen molar-refractivity contribution in [2.45, 2.75) is 31.0 Å². The highest BCUT2D eigenvalue weighted by Crippen LogP contribution is 2.36. The molecule has 0 unspecified atom stereocenters. The molecule has 190 valence electrons. The average Bonchev–Trinajstić information content (AvgIpc) is 2.79. The van der Waals surface area contributed by atoms with Crippen molar-refractivity contribution in [2.75, 3.05) is 18.8 Å². The normalized spacial score (nSPS) is 15.9. The van der Waals surface area contributed by atoms with Gasteiger partial charge in [0.2, 0.25) is 5.91 Å². The first kappa shape index (κ1) is 26.3. The van der Waals surface area contributed by atoms with E-state index in [1.807, 2.05) is 0 Å². The van der Waals surface area contributed by atoms with Crippen LogP contribution in [0.25, 0.3) is 0 Å². The molecule has 1 saturated heterocycles. The van der Waals surface area contributed by atoms with Crippen molar-refractivity contribution in [1.82, 2.24) is 10.4 Å². The highest BCUT2D eigenvalue weighted by molar-refractivity contribution is 7.91. The van der Waals surface area contributed by atoms with Gasteiger partial charge in [-0.2, -0.15) is 0 Å². The van der Waals surface area contributed by atoms with Crippen LogP contribution in [0.3, 0.4) is 0 Å². The van der Waals surface area contributed by atoms with Crippen molar-refractivity contribution in [3.05, 3.63) is 48.5 Å². The third kappa shape index (κ3) is 6.63. The Morgan fingerprint density at radius 1 is 1.00 bits per heavy atom. The van der Waals surface area contributed by atoms with Gasteiger partial charge >= 0.3 is 6.36 Å². The lowest BCUT2D eigenvalue weighted by atomic mass is 9.79. The molecule has 1 heterocycles. The molecular formula is C22H23F3N2O7S. The topological polar surface area (TPSA) is 122 Å². The van der Waals surface area contributed by atoms with Gasteiger partial charge in [0.15, 0.2) is 9.84 Å². The smallest absolute Gasteiger partial charge is 0.457 e. The van der Waals surface area contributed by atoms with Crippen LogP contribution in [0.2, 0.25) is 0 Å². The molecule has 2 aromatic rings. The molecular weight excluding hydrogens is 493 g/mol. The van der Waals surface area contributed by atoms with E-state index >= 15 is 0 Å². The number of piperidine rings is 1. The molecule has 13 heteroatoms. The maximum absolute atomic E-state index is 13.1. The molecule has 0 saturated carbocycles. The maximum atomic E-state index is 13.1. The number of amides is 2. The Balaban J connectivity index is 1.71. The van der Waals surface area contributed by atoms with Gasteiger partial charge in [0, 0.05) is 20.0 Å². The van der Waals surface area contributed by atoms with Crippen molar-refractivity contribution >= 4 is 21.7 Å². The fourth-order valence-corrected chi connectivity index (χ4v) is 5.68. The Hall–Kier alpha value is -3.32. The van der Waals surface area contributed by atoms with Crippen molar-refractivity contribution < 1.29 is 45.9 Å². The van der Waals surface area contributed by atoms with E-state index in [-0.39, 0.29) is 48.2 Å². The molecule has 2 aromatic carbocycles. The molecule has 3 rings (SSSR count). The molecule has 35 heavy (non-hydrogen) atoms. The Morgan fingerprint density at radius 2 is 1.49 bits per heavy atom. The van der Waals surface area contributed by atoms with Crippen LogP contribution in [0.1, 0.15) is 19.8 Å². The third-order valence-electron chi connectivity index (χ3n) is 5.69. The SMILES string of the molecule is CC(=O)N1CCC(CS(=O)(=O)c2ccc(Oc3ccc(OC(F)(F)F)cc3)cc2)(C(=O)NO)CC1. The van der Waals surface area contributed by atoms with Gasteiger partial charge in [-0.1, -0.05) is 0 Å². The number of hydroxylamine groups is 1. The lowest BCUT2D eigenvalue weighted by Crippen LogP contribution is -2.52. The summed E-state index contributed by atoms with van der Waals surface area (Å²) in [4.78, 5) is 25.4. The van der Waals surface area contributed by atoms with Gasteiger partial charge in [-0.15, -0.1) is 13.2 Å². The number of hydrogen-bond donors (Lipinski definition) is 2. The second-order valence-electron chi connectivity index (χ2n) is 8.08. The molecule has 1 aliphatic rings. The summed E-state index contributed by atoms with van der Waals surface area (Å²) in [7, 11) is -3.98. The van der Waals surface area contributed by atoms with Crippen molar-refractivity contribution in [2.24, 2.45) is 5.41 Å². The first-order valence-electron chi connectivity index (χ1n) is 10.4. The minimum absolute atomic E-state index is 0.0629. The summed E-state index contributed by atoms with van der Waals surface area (Å²) < 4.78 is 72.2. The number of ether oxygens (including phenoxy) is 2. The Morgan fingerprint density at radius 3 is 1.94 bits per heavy atom. The summed E-state index contributed by atoms with van der Waals surface area (Å²) in [5.41, 5.74) is 0.140. The molecule has 9 nitrogen and oxygen atoms in total. The molecule has 0 spiro atoms. The largest absolute Gasteiger partial charge is 0.573 e. The van der Waals surface area contributed by atoms with E-state index in [9.17, 15) is 36.4 Å². The fourth-order valence-electron chi connectivity index (χ4n) is 3.81. The Kier molecular flexibility index (Phi) is 7.60. The number of carbonyl (C=O) groups is 2. The Labute approximate surface area is 199 Å². The van der Waals surface area contributed by atoms with Crippen molar-refractivity contribution in [1.29, 1.82) is 0 Å². The standard InChI is InChI=1S/C22H23F3N2O7S/c1-15(28)27-12-10-21(11-13-27,20(29)26-30)14-35(31,32)19-8-6-17(7-9-19)33-16-2-4-18(5-3-16)34-22(23,24)25/h2-9,30H,10-14H2,1H3,(H,26,29). The van der Waals surface area contributed by atoms with E-state index < -0.39 is 39.0 Å². The lowest BCUT2D eigenvalue weighted by Gasteiger charge is -2.39. The van der Waals surface area contributed by atoms with E-state index in [4.69, 9.17) is 4.74 Å². The van der Waals surface area contributed by atoms with Gasteiger partial charge < -0.3 is 14.4 Å². The summed E-state index contributed by atoms with van der Waals surface area (Å²) in [6, 6.07) is 9.96. The molecule has 0 aliphatic carbocycles. The van der Waals surface area contributed by atoms with E-state index in [1.54, 1.807) is 5.48 Å². The molecule has 2 amide bonds. The lowest BCUT2D eigenvalue weighted by molar-refractivity contribution is -0.274. The predicted molar refractivity (Wildman–Crippen MR) is 116 cm³/mol. The van der Waals surface area contributed by atoms with Gasteiger partial charge in [-0.25, -0.2) is 13.9 Å². The number of hydrogen-bond acceptors (Lipinski definition) is 7. The van der Waals surface area contributed by atoms with Crippen LogP contribution in [0, 0.1) is 5.41 Å². The molecule has 0 bridgehead atoms. The number of nitrogens with zero attached hydrogens (tertiary/aromatic N) is 1. The zero-order valence-corrected chi connectivity index (χ0v) is 19.4. The van der Waals surface area contributed by atoms with E-state index in [0.717, 1.165) is 12.1 Å². The highest BCUT2D eigenvalue weighted by atomic mass is 32.2. The number of carbonyl (C=O) groups excluding carboxylic acids is 2. The number of benzene rings is 2. The number of sulfone groups is 1. The molecule has 0 atom stereocenters. The van der Waals surface area contributed by atoms with Gasteiger partial charge in [0.25, 0.3) is 5.91 Å². The third-order valence-corrected chi connectivity index (χ3v) is 7.61. The van der Waals surface area contributed by atoms with E-state index in [0.29, 0.717) is 0 Å². The number of likely N-dealkylation sites (tertiary alicyclic amines) is 1. The van der Waals surface area contributed by atoms with Gasteiger partial charge in [-0.3, -0.25) is 14.8 Å². The summed E-state index contributed by atoms with van der Waals surface area (Å²) in [5.74, 6) is -1.58. The van der Waals surface area contributed by atoms with Crippen LogP contribution < -0.4 is 15.0 Å². The fraction of sp³-hybridized carbons (Fsp3) is 0.364. The summed E-state index contributed by atoms with van der Waals surface area (Å²) in [6.07, 6.45) is -4.69. The molecule has 1 fully saturated rings. The first-order chi connectivity index (χ1) is 16.3. The number of nitrogens with one attached hydrogen (secondary N) is 1. The monoisotopic (exact) mass is 516 g/mol. The van der Waals surface area contributed by atoms with Crippen molar-refractivity contribution in [3.63, 3.8) is 0 Å². The summed E-state index contributed by atoms with van der Waals surface area (Å²) in [5, 5.41) is 9.19. The zero-order chi connectivity index (χ0) is 25.9. The summed E-state index contributed by atoms with van der Waals surface area (Å²) in [6.45, 7) is 1.74. The van der Waals surface area contributed by atoms with Crippen LogP contribution in [0.4, 0.5) is 13.2 Å². The molecule has 2 N–H and O–H groups in total. The molecule has 0 aromatic heterocycles. The minimum atomic E-state index is -4.81. The van der Waals surface area contributed by atoms with E-state index in [2.05, 4.69) is 4.74 Å². The number of alkyl halides is 3. The van der Waals surface area contributed by atoms with Gasteiger partial charge in [0.1, 0.15) is 17.2 Å². The highest BCUT2D eigenvalue weighted by Gasteiger charge is 2.45. The number of halogens is 3. The summed E-state index contributed by atoms with van der Waals surface area (Å²) >= 11 is 0. The predicted octanol–water partition coefficient (Wildman–Crippen LogP) is 3.29. The maximum Gasteiger partial charge on any atom is 0.573 e. The molecule has 0 radical (unpaired) electrons. The van der Waals surface area contributed by atoms with Gasteiger partial charge in [0.05, 0.1) is 16.1 Å². The number of rotatable bonds is 7. The quantitative estimate of drug-likeness (QED) is 0.428. The van der Waals surface area contributed by atoms with Gasteiger partial charge in [-0.05, 0) is 61.4 Å². The minimum Gasteiger partial charge on any atom is -0.457 e.